The van der Waals surface area contributed by atoms with Crippen LogP contribution < -0.4 is 0 Å². The molecule has 0 aliphatic rings. The summed E-state index contributed by atoms with van der Waals surface area (Å²) in [6.07, 6.45) is 2.25. The molecular formula is C15H16BrNO3. The smallest absolute Gasteiger partial charge is 0.306 e. The second kappa shape index (κ2) is 6.70. The minimum atomic E-state index is -0.319. The first-order chi connectivity index (χ1) is 9.60. The van der Waals surface area contributed by atoms with E-state index in [2.05, 4.69) is 15.9 Å². The molecule has 0 fully saturated rings. The number of Topliss-reactive ketones (excluding diaryl/α,β-unsaturated/α-hetero) is 1. The number of fused-ring (bicyclic) bond motifs is 1. The molecule has 2 aromatic rings. The van der Waals surface area contributed by atoms with E-state index in [1.807, 2.05) is 35.0 Å². The molecule has 0 amide bonds. The van der Waals surface area contributed by atoms with Gasteiger partial charge in [-0.05, 0) is 30.5 Å². The maximum Gasteiger partial charge on any atom is 0.306 e. The third-order valence-corrected chi connectivity index (χ3v) is 3.49. The van der Waals surface area contributed by atoms with Gasteiger partial charge in [0.2, 0.25) is 0 Å². The third-order valence-electron chi connectivity index (χ3n) is 3.00. The van der Waals surface area contributed by atoms with Gasteiger partial charge in [0.15, 0.2) is 5.78 Å². The number of aromatic nitrogens is 1. The third kappa shape index (κ3) is 3.70. The van der Waals surface area contributed by atoms with Crippen LogP contribution in [-0.4, -0.2) is 22.9 Å². The molecule has 0 saturated heterocycles. The van der Waals surface area contributed by atoms with E-state index in [9.17, 15) is 9.59 Å². The highest BCUT2D eigenvalue weighted by Gasteiger charge is 2.10. The lowest BCUT2D eigenvalue weighted by Crippen LogP contribution is -2.12. The van der Waals surface area contributed by atoms with Crippen LogP contribution in [0.3, 0.4) is 0 Å². The number of rotatable bonds is 6. The average Bonchev–Trinajstić information content (AvgIpc) is 2.79. The number of hydrogen-bond donors (Lipinski definition) is 0. The molecule has 106 valence electrons. The summed E-state index contributed by atoms with van der Waals surface area (Å²) < 4.78 is 7.68. The summed E-state index contributed by atoms with van der Waals surface area (Å²) in [5.74, 6) is -0.295. The zero-order valence-corrected chi connectivity index (χ0v) is 12.9. The molecule has 4 nitrogen and oxygen atoms in total. The quantitative estimate of drug-likeness (QED) is 0.759. The number of hydrogen-bond acceptors (Lipinski definition) is 3. The molecule has 1 heterocycles. The number of halogens is 1. The van der Waals surface area contributed by atoms with Gasteiger partial charge in [-0.1, -0.05) is 22.0 Å². The number of ether oxygens (including phenoxy) is 1. The van der Waals surface area contributed by atoms with Crippen molar-refractivity contribution < 1.29 is 14.3 Å². The van der Waals surface area contributed by atoms with Crippen LogP contribution >= 0.6 is 15.9 Å². The van der Waals surface area contributed by atoms with Gasteiger partial charge in [-0.2, -0.15) is 0 Å². The molecule has 0 aliphatic heterocycles. The highest BCUT2D eigenvalue weighted by atomic mass is 79.9. The van der Waals surface area contributed by atoms with Crippen molar-refractivity contribution in [2.75, 3.05) is 6.61 Å². The predicted molar refractivity (Wildman–Crippen MR) is 80.5 cm³/mol. The molecule has 0 spiro atoms. The number of nitrogens with zero attached hydrogens (tertiary/aromatic N) is 1. The van der Waals surface area contributed by atoms with E-state index in [1.165, 1.54) is 0 Å². The van der Waals surface area contributed by atoms with Crippen LogP contribution in [0.2, 0.25) is 0 Å². The average molecular weight is 338 g/mol. The Kier molecular flexibility index (Phi) is 4.95. The fraction of sp³-hybridized carbons (Fsp3) is 0.333. The Morgan fingerprint density at radius 3 is 2.80 bits per heavy atom. The van der Waals surface area contributed by atoms with Crippen LogP contribution in [0.15, 0.2) is 34.9 Å². The molecule has 1 aromatic carbocycles. The van der Waals surface area contributed by atoms with Gasteiger partial charge >= 0.3 is 5.97 Å². The lowest BCUT2D eigenvalue weighted by molar-refractivity contribution is -0.144. The number of carbonyl (C=O) groups excluding carboxylic acids is 2. The van der Waals surface area contributed by atoms with Gasteiger partial charge < -0.3 is 9.30 Å². The highest BCUT2D eigenvalue weighted by Crippen LogP contribution is 2.21. The Hall–Kier alpha value is -1.62. The first-order valence-corrected chi connectivity index (χ1v) is 7.31. The van der Waals surface area contributed by atoms with Gasteiger partial charge in [0.25, 0.3) is 0 Å². The number of benzene rings is 1. The van der Waals surface area contributed by atoms with E-state index < -0.39 is 0 Å². The lowest BCUT2D eigenvalue weighted by atomic mass is 10.2. The highest BCUT2D eigenvalue weighted by molar-refractivity contribution is 9.10. The molecule has 0 radical (unpaired) electrons. The maximum absolute atomic E-state index is 11.9. The molecule has 2 rings (SSSR count). The van der Waals surface area contributed by atoms with Crippen molar-refractivity contribution in [1.82, 2.24) is 4.57 Å². The minimum absolute atomic E-state index is 0.0236. The molecule has 0 aliphatic carbocycles. The summed E-state index contributed by atoms with van der Waals surface area (Å²) in [6.45, 7) is 2.38. The summed E-state index contributed by atoms with van der Waals surface area (Å²) in [6, 6.07) is 7.92. The summed E-state index contributed by atoms with van der Waals surface area (Å²) in [7, 11) is 0. The molecule has 0 unspecified atom stereocenters. The first kappa shape index (κ1) is 14.8. The Morgan fingerprint density at radius 2 is 2.05 bits per heavy atom. The molecule has 0 atom stereocenters. The fourth-order valence-corrected chi connectivity index (χ4v) is 2.39. The van der Waals surface area contributed by atoms with Crippen molar-refractivity contribution in [1.29, 1.82) is 0 Å². The van der Waals surface area contributed by atoms with E-state index in [4.69, 9.17) is 4.74 Å². The van der Waals surface area contributed by atoms with E-state index in [0.29, 0.717) is 6.61 Å². The summed E-state index contributed by atoms with van der Waals surface area (Å²) in [5, 5.41) is 1.09. The van der Waals surface area contributed by atoms with Gasteiger partial charge in [0.1, 0.15) is 0 Å². The number of carbonyl (C=O) groups is 2. The van der Waals surface area contributed by atoms with E-state index >= 15 is 0 Å². The summed E-state index contributed by atoms with van der Waals surface area (Å²) >= 11 is 3.43. The van der Waals surface area contributed by atoms with Gasteiger partial charge in [-0.25, -0.2) is 0 Å². The predicted octanol–water partition coefficient (Wildman–Crippen LogP) is 3.32. The van der Waals surface area contributed by atoms with E-state index in [0.717, 1.165) is 15.4 Å². The monoisotopic (exact) mass is 337 g/mol. The molecule has 5 heteroatoms. The van der Waals surface area contributed by atoms with Crippen molar-refractivity contribution >= 4 is 38.6 Å². The molecule has 1 aromatic heterocycles. The standard InChI is InChI=1S/C15H16BrNO3/c1-2-20-15(19)6-5-13(18)10-17-8-7-11-3-4-12(16)9-14(11)17/h3-4,7-9H,2,5-6,10H2,1H3. The van der Waals surface area contributed by atoms with Crippen LogP contribution in [-0.2, 0) is 20.9 Å². The Labute approximate surface area is 125 Å². The van der Waals surface area contributed by atoms with Crippen molar-refractivity contribution in [3.63, 3.8) is 0 Å². The SMILES string of the molecule is CCOC(=O)CCC(=O)Cn1ccc2ccc(Br)cc21. The van der Waals surface area contributed by atoms with E-state index in [1.54, 1.807) is 6.92 Å². The van der Waals surface area contributed by atoms with Gasteiger partial charge in [0.05, 0.1) is 19.6 Å². The Balaban J connectivity index is 1.99. The normalized spacial score (nSPS) is 10.7. The van der Waals surface area contributed by atoms with Crippen molar-refractivity contribution in [3.8, 4) is 0 Å². The van der Waals surface area contributed by atoms with E-state index in [-0.39, 0.29) is 31.1 Å². The van der Waals surface area contributed by atoms with Gasteiger partial charge in [0, 0.05) is 22.6 Å². The minimum Gasteiger partial charge on any atom is -0.466 e. The lowest BCUT2D eigenvalue weighted by Gasteiger charge is -2.05. The largest absolute Gasteiger partial charge is 0.466 e. The zero-order valence-electron chi connectivity index (χ0n) is 11.3. The second-order valence-corrected chi connectivity index (χ2v) is 5.41. The number of ketones is 1. The molecule has 20 heavy (non-hydrogen) atoms. The summed E-state index contributed by atoms with van der Waals surface area (Å²) in [4.78, 5) is 23.1. The number of esters is 1. The van der Waals surface area contributed by atoms with Crippen LogP contribution in [0.25, 0.3) is 10.9 Å². The first-order valence-electron chi connectivity index (χ1n) is 6.52. The van der Waals surface area contributed by atoms with Crippen LogP contribution in [0, 0.1) is 0 Å². The molecule has 0 N–H and O–H groups in total. The zero-order chi connectivity index (χ0) is 14.5. The van der Waals surface area contributed by atoms with Crippen molar-refractivity contribution in [2.45, 2.75) is 26.3 Å². The topological polar surface area (TPSA) is 48.3 Å². The maximum atomic E-state index is 11.9. The van der Waals surface area contributed by atoms with Crippen LogP contribution in [0.4, 0.5) is 0 Å². The van der Waals surface area contributed by atoms with Crippen molar-refractivity contribution in [2.24, 2.45) is 0 Å². The second-order valence-electron chi connectivity index (χ2n) is 4.49. The van der Waals surface area contributed by atoms with Crippen LogP contribution in [0.1, 0.15) is 19.8 Å². The Bertz CT molecular complexity index is 633. The van der Waals surface area contributed by atoms with Crippen LogP contribution in [0.5, 0.6) is 0 Å². The molecule has 0 bridgehead atoms. The Morgan fingerprint density at radius 1 is 1.25 bits per heavy atom. The molecule has 0 saturated carbocycles. The molecular weight excluding hydrogens is 322 g/mol. The fourth-order valence-electron chi connectivity index (χ4n) is 2.04. The summed E-state index contributed by atoms with van der Waals surface area (Å²) in [5.41, 5.74) is 1.00. The van der Waals surface area contributed by atoms with Gasteiger partial charge in [-0.3, -0.25) is 9.59 Å². The van der Waals surface area contributed by atoms with Gasteiger partial charge in [-0.15, -0.1) is 0 Å². The van der Waals surface area contributed by atoms with Crippen molar-refractivity contribution in [3.05, 3.63) is 34.9 Å².